The molecule has 1 aliphatic carbocycles. The first-order valence-electron chi connectivity index (χ1n) is 7.54. The number of halogens is 2. The van der Waals surface area contributed by atoms with Crippen LogP contribution in [0.3, 0.4) is 0 Å². The molecule has 1 saturated heterocycles. The van der Waals surface area contributed by atoms with E-state index in [0.717, 1.165) is 31.7 Å². The van der Waals surface area contributed by atoms with E-state index in [-0.39, 0.29) is 11.9 Å². The smallest absolute Gasteiger partial charge is 0.244 e. The minimum atomic E-state index is -0.605. The van der Waals surface area contributed by atoms with Crippen molar-refractivity contribution in [2.24, 2.45) is 0 Å². The number of amides is 1. The summed E-state index contributed by atoms with van der Waals surface area (Å²) in [4.78, 5) is 14.4. The summed E-state index contributed by atoms with van der Waals surface area (Å²) in [5.41, 5.74) is -0.162. The normalized spacial score (nSPS) is 24.7. The minimum absolute atomic E-state index is 0.0319. The summed E-state index contributed by atoms with van der Waals surface area (Å²) in [5, 5.41) is 3.27. The maximum Gasteiger partial charge on any atom is 0.244 e. The first-order chi connectivity index (χ1) is 9.98. The van der Waals surface area contributed by atoms with Crippen LogP contribution in [-0.2, 0) is 4.79 Å². The number of rotatable bonds is 4. The van der Waals surface area contributed by atoms with E-state index >= 15 is 0 Å². The van der Waals surface area contributed by atoms with Crippen LogP contribution in [0.25, 0.3) is 0 Å². The van der Waals surface area contributed by atoms with Gasteiger partial charge < -0.3 is 4.90 Å². The lowest BCUT2D eigenvalue weighted by atomic mass is 10.1. The van der Waals surface area contributed by atoms with Gasteiger partial charge in [-0.3, -0.25) is 10.1 Å². The minimum Gasteiger partial charge on any atom is -0.318 e. The van der Waals surface area contributed by atoms with E-state index in [4.69, 9.17) is 0 Å². The van der Waals surface area contributed by atoms with Gasteiger partial charge in [0.15, 0.2) is 0 Å². The highest BCUT2D eigenvalue weighted by Crippen LogP contribution is 2.47. The lowest BCUT2D eigenvalue weighted by molar-refractivity contribution is -0.133. The van der Waals surface area contributed by atoms with Crippen molar-refractivity contribution < 1.29 is 13.6 Å². The summed E-state index contributed by atoms with van der Waals surface area (Å²) in [6.07, 6.45) is 2.91. The van der Waals surface area contributed by atoms with Gasteiger partial charge in [-0.15, -0.1) is 0 Å². The number of nitrogens with zero attached hydrogens (tertiary/aromatic N) is 1. The second kappa shape index (κ2) is 5.05. The van der Waals surface area contributed by atoms with Crippen molar-refractivity contribution in [1.82, 2.24) is 10.2 Å². The molecule has 1 saturated carbocycles. The van der Waals surface area contributed by atoms with Crippen molar-refractivity contribution in [3.05, 3.63) is 35.4 Å². The van der Waals surface area contributed by atoms with E-state index < -0.39 is 23.3 Å². The highest BCUT2D eigenvalue weighted by atomic mass is 19.1. The van der Waals surface area contributed by atoms with Gasteiger partial charge in [-0.1, -0.05) is 13.3 Å². The second-order valence-corrected chi connectivity index (χ2v) is 6.14. The molecule has 2 unspecified atom stereocenters. The number of carbonyl (C=O) groups excluding carboxylic acids is 1. The van der Waals surface area contributed by atoms with Crippen LogP contribution in [0.4, 0.5) is 8.78 Å². The molecular weight excluding hydrogens is 274 g/mol. The monoisotopic (exact) mass is 294 g/mol. The Morgan fingerprint density at radius 1 is 1.43 bits per heavy atom. The van der Waals surface area contributed by atoms with Crippen molar-refractivity contribution in [3.8, 4) is 0 Å². The van der Waals surface area contributed by atoms with Gasteiger partial charge in [0.25, 0.3) is 0 Å². The van der Waals surface area contributed by atoms with Crippen LogP contribution in [0, 0.1) is 11.6 Å². The average molecular weight is 294 g/mol. The van der Waals surface area contributed by atoms with Crippen LogP contribution in [0.5, 0.6) is 0 Å². The molecule has 2 aliphatic rings. The van der Waals surface area contributed by atoms with Gasteiger partial charge >= 0.3 is 0 Å². The zero-order chi connectivity index (χ0) is 15.2. The number of benzene rings is 1. The molecule has 1 heterocycles. The molecule has 3 nitrogen and oxygen atoms in total. The van der Waals surface area contributed by atoms with Crippen LogP contribution >= 0.6 is 0 Å². The Bertz CT molecular complexity index is 571. The molecule has 1 spiro atoms. The fraction of sp³-hybridized carbons (Fsp3) is 0.562. The molecule has 2 fully saturated rings. The zero-order valence-corrected chi connectivity index (χ0v) is 12.3. The van der Waals surface area contributed by atoms with Gasteiger partial charge in [0.2, 0.25) is 5.91 Å². The maximum atomic E-state index is 14.1. The first-order valence-corrected chi connectivity index (χ1v) is 7.54. The third kappa shape index (κ3) is 2.33. The summed E-state index contributed by atoms with van der Waals surface area (Å²) in [6.45, 7) is 4.05. The first kappa shape index (κ1) is 14.4. The lowest BCUT2D eigenvalue weighted by Crippen LogP contribution is -2.39. The van der Waals surface area contributed by atoms with Gasteiger partial charge in [0, 0.05) is 17.7 Å². The van der Waals surface area contributed by atoms with E-state index in [1.54, 1.807) is 4.90 Å². The topological polar surface area (TPSA) is 32.3 Å². The molecule has 1 aromatic carbocycles. The number of hydrogen-bond acceptors (Lipinski definition) is 2. The zero-order valence-electron chi connectivity index (χ0n) is 12.3. The van der Waals surface area contributed by atoms with Crippen LogP contribution in [0.2, 0.25) is 0 Å². The van der Waals surface area contributed by atoms with Gasteiger partial charge in [-0.2, -0.15) is 0 Å². The predicted octanol–water partition coefficient (Wildman–Crippen LogP) is 3.12. The second-order valence-electron chi connectivity index (χ2n) is 6.14. The number of carbonyl (C=O) groups is 1. The summed E-state index contributed by atoms with van der Waals surface area (Å²) < 4.78 is 27.2. The molecule has 21 heavy (non-hydrogen) atoms. The van der Waals surface area contributed by atoms with Crippen molar-refractivity contribution >= 4 is 5.91 Å². The Balaban J connectivity index is 1.96. The van der Waals surface area contributed by atoms with Crippen LogP contribution < -0.4 is 5.32 Å². The quantitative estimate of drug-likeness (QED) is 0.925. The predicted molar refractivity (Wildman–Crippen MR) is 75.4 cm³/mol. The van der Waals surface area contributed by atoms with Crippen molar-refractivity contribution in [2.45, 2.75) is 57.3 Å². The molecule has 1 aromatic rings. The molecular formula is C16H20F2N2O. The maximum absolute atomic E-state index is 14.1. The summed E-state index contributed by atoms with van der Waals surface area (Å²) in [5.74, 6) is -1.15. The molecule has 0 aromatic heterocycles. The fourth-order valence-corrected chi connectivity index (χ4v) is 3.20. The van der Waals surface area contributed by atoms with Crippen LogP contribution in [-0.4, -0.2) is 22.4 Å². The Morgan fingerprint density at radius 3 is 2.71 bits per heavy atom. The lowest BCUT2D eigenvalue weighted by Gasteiger charge is -2.30. The molecule has 0 bridgehead atoms. The van der Waals surface area contributed by atoms with E-state index in [1.165, 1.54) is 12.1 Å². The Hall–Kier alpha value is -1.49. The highest BCUT2D eigenvalue weighted by Gasteiger charge is 2.60. The Labute approximate surface area is 123 Å². The molecule has 3 rings (SSSR count). The largest absolute Gasteiger partial charge is 0.318 e. The van der Waals surface area contributed by atoms with E-state index in [1.807, 2.05) is 6.92 Å². The number of nitrogens with one attached hydrogen (secondary N) is 1. The molecule has 0 radical (unpaired) electrons. The van der Waals surface area contributed by atoms with Crippen LogP contribution in [0.1, 0.15) is 51.3 Å². The van der Waals surface area contributed by atoms with E-state index in [9.17, 15) is 13.6 Å². The fourth-order valence-electron chi connectivity index (χ4n) is 3.20. The molecule has 2 atom stereocenters. The van der Waals surface area contributed by atoms with Gasteiger partial charge in [-0.25, -0.2) is 8.78 Å². The highest BCUT2D eigenvalue weighted by molar-refractivity contribution is 5.92. The van der Waals surface area contributed by atoms with Gasteiger partial charge in [0.1, 0.15) is 23.3 Å². The third-order valence-electron chi connectivity index (χ3n) is 4.52. The van der Waals surface area contributed by atoms with Gasteiger partial charge in [-0.05, 0) is 38.3 Å². The third-order valence-corrected chi connectivity index (χ3v) is 4.52. The van der Waals surface area contributed by atoms with Gasteiger partial charge in [0.05, 0.1) is 0 Å². The standard InChI is InChI=1S/C16H20F2N2O/c1-3-4-10(2)20-14(19-16(7-8-16)15(20)21)12-6-5-11(17)9-13(12)18/h5-6,9-10,14,19H,3-4,7-8H2,1-2H3. The molecule has 114 valence electrons. The Morgan fingerprint density at radius 2 is 2.14 bits per heavy atom. The molecule has 5 heteroatoms. The van der Waals surface area contributed by atoms with E-state index in [2.05, 4.69) is 12.2 Å². The molecule has 1 amide bonds. The molecule has 1 N–H and O–H groups in total. The molecule has 1 aliphatic heterocycles. The summed E-state index contributed by atoms with van der Waals surface area (Å²) in [6, 6.07) is 3.58. The SMILES string of the molecule is CCCC(C)N1C(=O)C2(CC2)NC1c1ccc(F)cc1F. The van der Waals surface area contributed by atoms with Crippen molar-refractivity contribution in [2.75, 3.05) is 0 Å². The van der Waals surface area contributed by atoms with Crippen molar-refractivity contribution in [3.63, 3.8) is 0 Å². The van der Waals surface area contributed by atoms with E-state index in [0.29, 0.717) is 5.56 Å². The Kier molecular flexibility index (Phi) is 3.48. The van der Waals surface area contributed by atoms with Crippen molar-refractivity contribution in [1.29, 1.82) is 0 Å². The average Bonchev–Trinajstić information content (AvgIpc) is 3.13. The van der Waals surface area contributed by atoms with Crippen LogP contribution in [0.15, 0.2) is 18.2 Å². The summed E-state index contributed by atoms with van der Waals surface area (Å²) in [7, 11) is 0. The summed E-state index contributed by atoms with van der Waals surface area (Å²) >= 11 is 0. The number of hydrogen-bond donors (Lipinski definition) is 1.